The molecular formula is C69H66N2O8. The van der Waals surface area contributed by atoms with Gasteiger partial charge in [-0.15, -0.1) is 0 Å². The van der Waals surface area contributed by atoms with Crippen molar-refractivity contribution in [1.29, 1.82) is 0 Å². The maximum Gasteiger partial charge on any atom is 0.407 e. The van der Waals surface area contributed by atoms with Gasteiger partial charge in [-0.3, -0.25) is 9.59 Å². The number of carbonyl (C=O) groups is 4. The molecule has 0 radical (unpaired) electrons. The van der Waals surface area contributed by atoms with Crippen molar-refractivity contribution in [3.05, 3.63) is 241 Å². The molecule has 10 nitrogen and oxygen atoms in total. The Kier molecular flexibility index (Phi) is 17.0. The second-order valence-electron chi connectivity index (χ2n) is 21.3. The zero-order chi connectivity index (χ0) is 54.6. The van der Waals surface area contributed by atoms with Gasteiger partial charge in [0.25, 0.3) is 0 Å². The molecule has 2 aliphatic carbocycles. The van der Waals surface area contributed by atoms with Gasteiger partial charge in [0, 0.05) is 23.2 Å². The lowest BCUT2D eigenvalue weighted by Gasteiger charge is -2.34. The van der Waals surface area contributed by atoms with E-state index in [-0.39, 0.29) is 12.1 Å². The average Bonchev–Trinajstić information content (AvgIpc) is 3.55. The highest BCUT2D eigenvalue weighted by Crippen LogP contribution is 2.37. The number of hydrogen-bond acceptors (Lipinski definition) is 8. The SMILES string of the molecule is O=C(NC1CCC(CC2CCC(NC(=O)OCC(O)(C(=O)c3ccc(-c4ccccc4)cc3)c3ccc(-c4ccccc4)cc3)CC2)CC1)OCC(O)(C(=O)c1ccc(-c2ccccc2)cc1)c1ccc(-c2ccccc2)cc1. The Morgan fingerprint density at radius 1 is 0.354 bits per heavy atom. The van der Waals surface area contributed by atoms with Crippen LogP contribution >= 0.6 is 0 Å². The van der Waals surface area contributed by atoms with Gasteiger partial charge >= 0.3 is 12.2 Å². The smallest absolute Gasteiger partial charge is 0.407 e. The number of hydrogen-bond donors (Lipinski definition) is 4. The quantitative estimate of drug-likeness (QED) is 0.0620. The van der Waals surface area contributed by atoms with Crippen molar-refractivity contribution in [2.24, 2.45) is 11.8 Å². The number of ketones is 2. The van der Waals surface area contributed by atoms with Gasteiger partial charge in [0.05, 0.1) is 0 Å². The molecule has 10 rings (SSSR count). The fourth-order valence-corrected chi connectivity index (χ4v) is 11.4. The topological polar surface area (TPSA) is 151 Å². The van der Waals surface area contributed by atoms with Crippen LogP contribution in [-0.4, -0.2) is 59.3 Å². The zero-order valence-electron chi connectivity index (χ0n) is 44.2. The van der Waals surface area contributed by atoms with Gasteiger partial charge in [-0.1, -0.05) is 218 Å². The normalized spacial score (nSPS) is 18.7. The summed E-state index contributed by atoms with van der Waals surface area (Å²) in [6, 6.07) is 67.6. The van der Waals surface area contributed by atoms with Gasteiger partial charge in [-0.2, -0.15) is 0 Å². The van der Waals surface area contributed by atoms with Crippen molar-refractivity contribution in [3.8, 4) is 44.5 Å². The molecule has 400 valence electrons. The van der Waals surface area contributed by atoms with Gasteiger partial charge in [-0.25, -0.2) is 9.59 Å². The van der Waals surface area contributed by atoms with E-state index in [1.807, 2.05) is 170 Å². The molecule has 2 atom stereocenters. The zero-order valence-corrected chi connectivity index (χ0v) is 44.2. The number of aliphatic hydroxyl groups is 2. The molecule has 0 aromatic heterocycles. The molecule has 8 aromatic rings. The molecule has 2 amide bonds. The van der Waals surface area contributed by atoms with Crippen LogP contribution in [0.15, 0.2) is 218 Å². The Labute approximate surface area is 462 Å². The lowest BCUT2D eigenvalue weighted by molar-refractivity contribution is -0.0111. The first kappa shape index (κ1) is 53.9. The number of carbonyl (C=O) groups excluding carboxylic acids is 4. The summed E-state index contributed by atoms with van der Waals surface area (Å²) in [4.78, 5) is 55.4. The Balaban J connectivity index is 0.698. The third-order valence-electron chi connectivity index (χ3n) is 16.0. The minimum Gasteiger partial charge on any atom is -0.446 e. The summed E-state index contributed by atoms with van der Waals surface area (Å²) >= 11 is 0. The van der Waals surface area contributed by atoms with Crippen molar-refractivity contribution in [1.82, 2.24) is 10.6 Å². The number of amides is 2. The van der Waals surface area contributed by atoms with Crippen LogP contribution in [0.3, 0.4) is 0 Å². The predicted octanol–water partition coefficient (Wildman–Crippen LogP) is 14.2. The molecule has 10 heteroatoms. The molecule has 0 spiro atoms. The predicted molar refractivity (Wildman–Crippen MR) is 309 cm³/mol. The summed E-state index contributed by atoms with van der Waals surface area (Å²) in [6.07, 6.45) is 6.61. The molecule has 2 saturated carbocycles. The van der Waals surface area contributed by atoms with E-state index in [1.165, 1.54) is 0 Å². The summed E-state index contributed by atoms with van der Waals surface area (Å²) in [7, 11) is 0. The monoisotopic (exact) mass is 1050 g/mol. The molecular weight excluding hydrogens is 985 g/mol. The van der Waals surface area contributed by atoms with Crippen molar-refractivity contribution in [3.63, 3.8) is 0 Å². The van der Waals surface area contributed by atoms with E-state index in [1.54, 1.807) is 48.5 Å². The molecule has 79 heavy (non-hydrogen) atoms. The van der Waals surface area contributed by atoms with Crippen molar-refractivity contribution < 1.29 is 38.9 Å². The molecule has 0 bridgehead atoms. The van der Waals surface area contributed by atoms with Crippen molar-refractivity contribution in [2.75, 3.05) is 13.2 Å². The number of ether oxygens (including phenoxy) is 2. The van der Waals surface area contributed by atoms with Crippen LogP contribution in [0, 0.1) is 11.8 Å². The number of benzene rings is 8. The molecule has 2 aliphatic rings. The summed E-state index contributed by atoms with van der Waals surface area (Å²) in [6.45, 7) is -1.13. The van der Waals surface area contributed by atoms with Crippen LogP contribution in [-0.2, 0) is 20.7 Å². The number of alkyl carbamates (subject to hydrolysis) is 2. The standard InChI is InChI=1S/C69H66N2O8/c72-64(58-29-25-54(26-30-58)50-13-5-1-6-14-50)68(76,60-37-33-56(34-38-60)52-17-9-3-10-18-52)46-78-66(74)70-62-41-21-48(22-42-62)45-49-23-43-63(44-24-49)71-67(75)79-47-69(77,61-39-35-57(36-40-61)53-19-11-4-12-20-53)65(73)59-31-27-55(28-32-59)51-15-7-2-8-16-51/h1-20,25-40,48-49,62-63,76-77H,21-24,41-47H2,(H,70,74)(H,71,75). The highest BCUT2D eigenvalue weighted by atomic mass is 16.6. The molecule has 0 saturated heterocycles. The Hall–Kier alpha value is -8.44. The average molecular weight is 1050 g/mol. The van der Waals surface area contributed by atoms with Crippen molar-refractivity contribution in [2.45, 2.75) is 81.1 Å². The number of Topliss-reactive ketones (excluding diaryl/α,β-unsaturated/α-hetero) is 2. The highest BCUT2D eigenvalue weighted by molar-refractivity contribution is 6.04. The van der Waals surface area contributed by atoms with E-state index in [0.29, 0.717) is 34.1 Å². The maximum absolute atomic E-state index is 14.3. The van der Waals surface area contributed by atoms with Gasteiger partial charge < -0.3 is 30.3 Å². The maximum atomic E-state index is 14.3. The molecule has 2 fully saturated rings. The molecule has 8 aromatic carbocycles. The van der Waals surface area contributed by atoms with E-state index in [4.69, 9.17) is 9.47 Å². The Bertz CT molecular complexity index is 3060. The summed E-state index contributed by atoms with van der Waals surface area (Å²) in [5, 5.41) is 30.6. The second kappa shape index (κ2) is 24.9. The van der Waals surface area contributed by atoms with Crippen LogP contribution in [0.2, 0.25) is 0 Å². The molecule has 2 unspecified atom stereocenters. The molecule has 0 aliphatic heterocycles. The summed E-state index contributed by atoms with van der Waals surface area (Å²) < 4.78 is 11.5. The van der Waals surface area contributed by atoms with Crippen LogP contribution in [0.4, 0.5) is 9.59 Å². The lowest BCUT2D eigenvalue weighted by atomic mass is 9.76. The minimum atomic E-state index is -2.15. The second-order valence-corrected chi connectivity index (χ2v) is 21.3. The van der Waals surface area contributed by atoms with Gasteiger partial charge in [-0.05, 0) is 125 Å². The first-order chi connectivity index (χ1) is 38.5. The van der Waals surface area contributed by atoms with Crippen LogP contribution in [0.25, 0.3) is 44.5 Å². The van der Waals surface area contributed by atoms with Crippen molar-refractivity contribution >= 4 is 23.8 Å². The fraction of sp³-hybridized carbons (Fsp3) is 0.246. The van der Waals surface area contributed by atoms with Crippen LogP contribution in [0.5, 0.6) is 0 Å². The summed E-state index contributed by atoms with van der Waals surface area (Å²) in [5.41, 5.74) is 4.64. The van der Waals surface area contributed by atoms with Gasteiger partial charge in [0.2, 0.25) is 11.6 Å². The lowest BCUT2D eigenvalue weighted by Crippen LogP contribution is -2.44. The fourth-order valence-electron chi connectivity index (χ4n) is 11.4. The highest BCUT2D eigenvalue weighted by Gasteiger charge is 2.42. The molecule has 0 heterocycles. The van der Waals surface area contributed by atoms with E-state index >= 15 is 0 Å². The number of nitrogens with one attached hydrogen (secondary N) is 2. The van der Waals surface area contributed by atoms with E-state index in [2.05, 4.69) is 10.6 Å². The van der Waals surface area contributed by atoms with Crippen LogP contribution in [0.1, 0.15) is 89.6 Å². The van der Waals surface area contributed by atoms with E-state index in [9.17, 15) is 29.4 Å². The first-order valence-electron chi connectivity index (χ1n) is 27.5. The third kappa shape index (κ3) is 13.1. The number of rotatable bonds is 18. The third-order valence-corrected chi connectivity index (χ3v) is 16.0. The largest absolute Gasteiger partial charge is 0.446 e. The van der Waals surface area contributed by atoms with Gasteiger partial charge in [0.15, 0.2) is 11.2 Å². The van der Waals surface area contributed by atoms with E-state index in [0.717, 1.165) is 102 Å². The van der Waals surface area contributed by atoms with E-state index < -0.39 is 48.2 Å². The minimum absolute atomic E-state index is 0.101. The van der Waals surface area contributed by atoms with Gasteiger partial charge in [0.1, 0.15) is 13.2 Å². The molecule has 4 N–H and O–H groups in total. The first-order valence-corrected chi connectivity index (χ1v) is 27.5. The Morgan fingerprint density at radius 2 is 0.608 bits per heavy atom. The summed E-state index contributed by atoms with van der Waals surface area (Å²) in [5.74, 6) is -0.152. The van der Waals surface area contributed by atoms with Crippen LogP contribution < -0.4 is 10.6 Å². The Morgan fingerprint density at radius 3 is 0.886 bits per heavy atom.